The van der Waals surface area contributed by atoms with Crippen LogP contribution in [0.1, 0.15) is 26.3 Å². The van der Waals surface area contributed by atoms with E-state index in [0.717, 1.165) is 6.42 Å². The van der Waals surface area contributed by atoms with Gasteiger partial charge in [-0.25, -0.2) is 5.43 Å². The van der Waals surface area contributed by atoms with Crippen molar-refractivity contribution in [1.82, 2.24) is 5.43 Å². The molecule has 0 aliphatic carbocycles. The Balaban J connectivity index is 1.98. The van der Waals surface area contributed by atoms with Crippen molar-refractivity contribution in [1.29, 1.82) is 0 Å². The second kappa shape index (κ2) is 4.53. The quantitative estimate of drug-likeness (QED) is 0.783. The fourth-order valence-corrected chi connectivity index (χ4v) is 2.91. The van der Waals surface area contributed by atoms with Gasteiger partial charge in [-0.3, -0.25) is 4.79 Å². The molecule has 1 aromatic carbocycles. The number of hydrogen-bond acceptors (Lipinski definition) is 4. The normalized spacial score (nSPS) is 29.8. The van der Waals surface area contributed by atoms with Crippen molar-refractivity contribution >= 4 is 11.7 Å². The first-order chi connectivity index (χ1) is 9.08. The highest BCUT2D eigenvalue weighted by Crippen LogP contribution is 2.34. The van der Waals surface area contributed by atoms with E-state index in [-0.39, 0.29) is 30.1 Å². The third kappa shape index (κ3) is 2.00. The van der Waals surface area contributed by atoms with E-state index in [2.05, 4.69) is 28.6 Å². The van der Waals surface area contributed by atoms with Crippen molar-refractivity contribution in [2.45, 2.75) is 45.4 Å². The van der Waals surface area contributed by atoms with Crippen LogP contribution in [0, 0.1) is 5.92 Å². The molecule has 1 fully saturated rings. The molecule has 3 atom stereocenters. The fraction of sp³-hybridized carbons (Fsp3) is 0.533. The lowest BCUT2D eigenvalue weighted by Crippen LogP contribution is -2.52. The molecule has 0 saturated carbocycles. The van der Waals surface area contributed by atoms with Crippen molar-refractivity contribution in [2.24, 2.45) is 5.92 Å². The molecule has 2 aliphatic rings. The Morgan fingerprint density at radius 2 is 2.11 bits per heavy atom. The summed E-state index contributed by atoms with van der Waals surface area (Å²) >= 11 is 0. The third-order valence-corrected chi connectivity index (χ3v) is 4.05. The number of benzene rings is 1. The summed E-state index contributed by atoms with van der Waals surface area (Å²) in [5.74, 6) is 0.0561. The van der Waals surface area contributed by atoms with Gasteiger partial charge in [0.05, 0.1) is 11.7 Å². The molecule has 1 saturated heterocycles. The van der Waals surface area contributed by atoms with Crippen LogP contribution in [0.4, 0.5) is 5.69 Å². The standard InChI is InChI=1S/C15H20N2O2/c1-9(2)14-15(18)19-10(3)13-8-11-6-4-5-7-12(11)17(13)16-14/h4-7,9-10,13-14,16H,8H2,1-3H3/t10-,13+,14-/m1/s1. The summed E-state index contributed by atoms with van der Waals surface area (Å²) in [5.41, 5.74) is 5.85. The van der Waals surface area contributed by atoms with Gasteiger partial charge < -0.3 is 9.75 Å². The topological polar surface area (TPSA) is 41.6 Å². The van der Waals surface area contributed by atoms with Gasteiger partial charge in [-0.15, -0.1) is 0 Å². The van der Waals surface area contributed by atoms with Crippen LogP contribution >= 0.6 is 0 Å². The van der Waals surface area contributed by atoms with Crippen LogP contribution in [-0.4, -0.2) is 24.2 Å². The predicted octanol–water partition coefficient (Wildman–Crippen LogP) is 1.89. The van der Waals surface area contributed by atoms with Gasteiger partial charge in [-0.05, 0) is 24.5 Å². The van der Waals surface area contributed by atoms with E-state index in [1.807, 2.05) is 26.8 Å². The summed E-state index contributed by atoms with van der Waals surface area (Å²) in [7, 11) is 0. The van der Waals surface area contributed by atoms with Gasteiger partial charge in [0.2, 0.25) is 0 Å². The molecule has 4 nitrogen and oxygen atoms in total. The van der Waals surface area contributed by atoms with Crippen LogP contribution in [0.3, 0.4) is 0 Å². The van der Waals surface area contributed by atoms with E-state index >= 15 is 0 Å². The molecule has 0 radical (unpaired) electrons. The molecule has 19 heavy (non-hydrogen) atoms. The number of fused-ring (bicyclic) bond motifs is 3. The first-order valence-electron chi connectivity index (χ1n) is 6.91. The first kappa shape index (κ1) is 12.5. The van der Waals surface area contributed by atoms with Gasteiger partial charge >= 0.3 is 5.97 Å². The maximum absolute atomic E-state index is 12.1. The first-order valence-corrected chi connectivity index (χ1v) is 6.91. The van der Waals surface area contributed by atoms with Crippen molar-refractivity contribution in [3.05, 3.63) is 29.8 Å². The van der Waals surface area contributed by atoms with Crippen molar-refractivity contribution in [3.8, 4) is 0 Å². The van der Waals surface area contributed by atoms with Crippen LogP contribution in [0.5, 0.6) is 0 Å². The Kier molecular flexibility index (Phi) is 2.97. The highest BCUT2D eigenvalue weighted by Gasteiger charge is 2.41. The molecule has 0 amide bonds. The number of cyclic esters (lactones) is 1. The van der Waals surface area contributed by atoms with Gasteiger partial charge in [0.15, 0.2) is 0 Å². The van der Waals surface area contributed by atoms with Gasteiger partial charge in [-0.1, -0.05) is 32.0 Å². The Bertz CT molecular complexity index is 501. The molecule has 0 aromatic heterocycles. The van der Waals surface area contributed by atoms with Crippen LogP contribution in [0.25, 0.3) is 0 Å². The second-order valence-corrected chi connectivity index (χ2v) is 5.76. The lowest BCUT2D eigenvalue weighted by molar-refractivity contribution is -0.150. The number of carbonyl (C=O) groups is 1. The number of esters is 1. The number of rotatable bonds is 1. The largest absolute Gasteiger partial charge is 0.459 e. The molecular formula is C15H20N2O2. The highest BCUT2D eigenvalue weighted by atomic mass is 16.5. The molecule has 0 unspecified atom stereocenters. The molecule has 102 valence electrons. The maximum Gasteiger partial charge on any atom is 0.325 e. The molecule has 4 heteroatoms. The van der Waals surface area contributed by atoms with Gasteiger partial charge in [-0.2, -0.15) is 0 Å². The van der Waals surface area contributed by atoms with E-state index in [1.54, 1.807) is 0 Å². The van der Waals surface area contributed by atoms with Crippen LogP contribution in [0.15, 0.2) is 24.3 Å². The lowest BCUT2D eigenvalue weighted by Gasteiger charge is -2.29. The molecule has 1 N–H and O–H groups in total. The average Bonchev–Trinajstić information content (AvgIpc) is 2.68. The monoisotopic (exact) mass is 260 g/mol. The maximum atomic E-state index is 12.1. The van der Waals surface area contributed by atoms with Gasteiger partial charge in [0.25, 0.3) is 0 Å². The van der Waals surface area contributed by atoms with E-state index < -0.39 is 0 Å². The molecule has 0 spiro atoms. The summed E-state index contributed by atoms with van der Waals surface area (Å²) < 4.78 is 5.59. The van der Waals surface area contributed by atoms with Crippen molar-refractivity contribution < 1.29 is 9.53 Å². The number of hydrogen-bond donors (Lipinski definition) is 1. The number of nitrogens with one attached hydrogen (secondary N) is 1. The fourth-order valence-electron chi connectivity index (χ4n) is 2.91. The van der Waals surface area contributed by atoms with E-state index in [4.69, 9.17) is 4.74 Å². The molecule has 2 heterocycles. The number of anilines is 1. The number of para-hydroxylation sites is 1. The lowest BCUT2D eigenvalue weighted by atomic mass is 10.1. The van der Waals surface area contributed by atoms with Crippen molar-refractivity contribution in [3.63, 3.8) is 0 Å². The van der Waals surface area contributed by atoms with Gasteiger partial charge in [0, 0.05) is 6.42 Å². The molecule has 0 bridgehead atoms. The predicted molar refractivity (Wildman–Crippen MR) is 73.7 cm³/mol. The molecule has 1 aromatic rings. The van der Waals surface area contributed by atoms with Gasteiger partial charge in [0.1, 0.15) is 12.1 Å². The minimum atomic E-state index is -0.279. The SMILES string of the molecule is CC(C)[C@H]1NN2c3ccccc3C[C@H]2[C@@H](C)OC1=O. The number of carbonyl (C=O) groups excluding carboxylic acids is 1. The zero-order valence-corrected chi connectivity index (χ0v) is 11.6. The van der Waals surface area contributed by atoms with Crippen LogP contribution in [0.2, 0.25) is 0 Å². The van der Waals surface area contributed by atoms with Crippen LogP contribution in [-0.2, 0) is 16.0 Å². The minimum absolute atomic E-state index is 0.101. The third-order valence-electron chi connectivity index (χ3n) is 4.05. The Morgan fingerprint density at radius 1 is 1.37 bits per heavy atom. The smallest absolute Gasteiger partial charge is 0.325 e. The zero-order valence-electron chi connectivity index (χ0n) is 11.6. The molecule has 3 rings (SSSR count). The summed E-state index contributed by atoms with van der Waals surface area (Å²) in [4.78, 5) is 12.1. The highest BCUT2D eigenvalue weighted by molar-refractivity contribution is 5.78. The zero-order chi connectivity index (χ0) is 13.6. The Labute approximate surface area is 113 Å². The van der Waals surface area contributed by atoms with E-state index in [0.29, 0.717) is 0 Å². The second-order valence-electron chi connectivity index (χ2n) is 5.76. The number of hydrazine groups is 1. The van der Waals surface area contributed by atoms with E-state index in [1.165, 1.54) is 11.3 Å². The Hall–Kier alpha value is -1.55. The molecule has 2 aliphatic heterocycles. The summed E-state index contributed by atoms with van der Waals surface area (Å²) in [6.07, 6.45) is 0.818. The summed E-state index contributed by atoms with van der Waals surface area (Å²) in [5, 5.41) is 2.13. The molecular weight excluding hydrogens is 240 g/mol. The number of ether oxygens (including phenoxy) is 1. The average molecular weight is 260 g/mol. The minimum Gasteiger partial charge on any atom is -0.459 e. The summed E-state index contributed by atoms with van der Waals surface area (Å²) in [6.45, 7) is 6.05. The van der Waals surface area contributed by atoms with Crippen LogP contribution < -0.4 is 10.4 Å². The number of nitrogens with zero attached hydrogens (tertiary/aromatic N) is 1. The van der Waals surface area contributed by atoms with Crippen molar-refractivity contribution in [2.75, 3.05) is 5.01 Å². The Morgan fingerprint density at radius 3 is 2.84 bits per heavy atom. The summed E-state index contributed by atoms with van der Waals surface area (Å²) in [6, 6.07) is 8.24. The van der Waals surface area contributed by atoms with E-state index in [9.17, 15) is 4.79 Å².